The predicted molar refractivity (Wildman–Crippen MR) is 69.7 cm³/mol. The van der Waals surface area contributed by atoms with Gasteiger partial charge in [0, 0.05) is 5.69 Å². The van der Waals surface area contributed by atoms with Crippen LogP contribution in [0.15, 0.2) is 40.8 Å². The summed E-state index contributed by atoms with van der Waals surface area (Å²) in [7, 11) is 0. The van der Waals surface area contributed by atoms with E-state index in [0.717, 1.165) is 0 Å². The molecule has 0 aliphatic rings. The summed E-state index contributed by atoms with van der Waals surface area (Å²) >= 11 is 5.54. The van der Waals surface area contributed by atoms with E-state index in [2.05, 4.69) is 10.1 Å². The van der Waals surface area contributed by atoms with E-state index in [-0.39, 0.29) is 16.7 Å². The molecular formula is C13H9ClF3NO3. The highest BCUT2D eigenvalue weighted by Gasteiger charge is 2.28. The van der Waals surface area contributed by atoms with Crippen molar-refractivity contribution in [3.63, 3.8) is 0 Å². The van der Waals surface area contributed by atoms with E-state index in [4.69, 9.17) is 16.0 Å². The Kier molecular flexibility index (Phi) is 4.42. The summed E-state index contributed by atoms with van der Waals surface area (Å²) in [6, 6.07) is 8.28. The average Bonchev–Trinajstić information content (AvgIpc) is 2.84. The van der Waals surface area contributed by atoms with Gasteiger partial charge in [-0.05, 0) is 48.0 Å². The fraction of sp³-hybridized carbons (Fsp3) is 0.154. The number of alkyl halides is 3. The van der Waals surface area contributed by atoms with E-state index in [1.54, 1.807) is 0 Å². The van der Waals surface area contributed by atoms with Gasteiger partial charge in [0.2, 0.25) is 0 Å². The Bertz CT molecular complexity index is 622. The van der Waals surface area contributed by atoms with Crippen LogP contribution in [0.3, 0.4) is 0 Å². The molecule has 0 saturated carbocycles. The van der Waals surface area contributed by atoms with Crippen molar-refractivity contribution >= 4 is 23.2 Å². The standard InChI is InChI=1S/C13H9ClF3NO3/c14-11-6-5-10(21-11)12(19)18-8-1-3-9(4-2-8)20-7-13(15,16)17/h1-6H,7H2,(H,18,19). The van der Waals surface area contributed by atoms with E-state index in [1.165, 1.54) is 36.4 Å². The molecule has 0 atom stereocenters. The zero-order chi connectivity index (χ0) is 15.5. The molecule has 8 heteroatoms. The van der Waals surface area contributed by atoms with Crippen molar-refractivity contribution < 1.29 is 27.1 Å². The van der Waals surface area contributed by atoms with Crippen molar-refractivity contribution in [3.8, 4) is 5.75 Å². The van der Waals surface area contributed by atoms with Crippen molar-refractivity contribution in [1.82, 2.24) is 0 Å². The maximum atomic E-state index is 12.0. The van der Waals surface area contributed by atoms with Crippen LogP contribution in [0, 0.1) is 0 Å². The molecule has 0 aliphatic heterocycles. The molecule has 112 valence electrons. The van der Waals surface area contributed by atoms with Gasteiger partial charge in [0.05, 0.1) is 0 Å². The summed E-state index contributed by atoms with van der Waals surface area (Å²) in [6.45, 7) is -1.37. The lowest BCUT2D eigenvalue weighted by atomic mass is 10.3. The van der Waals surface area contributed by atoms with E-state index in [9.17, 15) is 18.0 Å². The maximum absolute atomic E-state index is 12.0. The Morgan fingerprint density at radius 1 is 1.19 bits per heavy atom. The largest absolute Gasteiger partial charge is 0.484 e. The number of carbonyl (C=O) groups excluding carboxylic acids is 1. The minimum absolute atomic E-state index is 0.0254. The first-order chi connectivity index (χ1) is 9.83. The number of rotatable bonds is 4. The van der Waals surface area contributed by atoms with Crippen LogP contribution in [-0.4, -0.2) is 18.7 Å². The molecule has 0 aliphatic carbocycles. The van der Waals surface area contributed by atoms with Gasteiger partial charge >= 0.3 is 6.18 Å². The number of hydrogen-bond acceptors (Lipinski definition) is 3. The number of hydrogen-bond donors (Lipinski definition) is 1. The van der Waals surface area contributed by atoms with Crippen LogP contribution >= 0.6 is 11.6 Å². The van der Waals surface area contributed by atoms with Crippen LogP contribution in [0.1, 0.15) is 10.6 Å². The molecule has 1 heterocycles. The van der Waals surface area contributed by atoms with Crippen LogP contribution < -0.4 is 10.1 Å². The fourth-order valence-electron chi connectivity index (χ4n) is 1.43. The Morgan fingerprint density at radius 3 is 2.38 bits per heavy atom. The monoisotopic (exact) mass is 319 g/mol. The smallest absolute Gasteiger partial charge is 0.422 e. The third kappa shape index (κ3) is 4.71. The van der Waals surface area contributed by atoms with E-state index < -0.39 is 18.7 Å². The molecular weight excluding hydrogens is 311 g/mol. The molecule has 2 rings (SSSR count). The topological polar surface area (TPSA) is 51.5 Å². The Labute approximate surface area is 122 Å². The van der Waals surface area contributed by atoms with E-state index in [1.807, 2.05) is 0 Å². The number of halogens is 4. The summed E-state index contributed by atoms with van der Waals surface area (Å²) in [5, 5.41) is 2.58. The summed E-state index contributed by atoms with van der Waals surface area (Å²) in [6.07, 6.45) is -4.40. The molecule has 0 spiro atoms. The lowest BCUT2D eigenvalue weighted by molar-refractivity contribution is -0.153. The summed E-state index contributed by atoms with van der Waals surface area (Å²) in [4.78, 5) is 11.7. The molecule has 0 saturated heterocycles. The van der Waals surface area contributed by atoms with Gasteiger partial charge in [-0.25, -0.2) is 0 Å². The third-order valence-electron chi connectivity index (χ3n) is 2.31. The van der Waals surface area contributed by atoms with E-state index >= 15 is 0 Å². The average molecular weight is 320 g/mol. The highest BCUT2D eigenvalue weighted by molar-refractivity contribution is 6.29. The second-order valence-electron chi connectivity index (χ2n) is 3.99. The molecule has 2 aromatic rings. The Hall–Kier alpha value is -2.15. The first-order valence-electron chi connectivity index (χ1n) is 5.70. The van der Waals surface area contributed by atoms with Gasteiger partial charge in [-0.2, -0.15) is 13.2 Å². The molecule has 0 fully saturated rings. The van der Waals surface area contributed by atoms with Gasteiger partial charge in [-0.1, -0.05) is 0 Å². The van der Waals surface area contributed by atoms with E-state index in [0.29, 0.717) is 5.69 Å². The van der Waals surface area contributed by atoms with Gasteiger partial charge in [-0.3, -0.25) is 4.79 Å². The van der Waals surface area contributed by atoms with Crippen molar-refractivity contribution in [2.24, 2.45) is 0 Å². The van der Waals surface area contributed by atoms with Crippen LogP contribution in [0.25, 0.3) is 0 Å². The molecule has 0 radical (unpaired) electrons. The molecule has 1 amide bonds. The summed E-state index contributed by atoms with van der Waals surface area (Å²) in [5.74, 6) is -0.449. The van der Waals surface area contributed by atoms with Crippen LogP contribution in [0.5, 0.6) is 5.75 Å². The SMILES string of the molecule is O=C(Nc1ccc(OCC(F)(F)F)cc1)c1ccc(Cl)o1. The van der Waals surface area contributed by atoms with Crippen LogP contribution in [0.4, 0.5) is 18.9 Å². The number of anilines is 1. The number of nitrogens with one attached hydrogen (secondary N) is 1. The second-order valence-corrected chi connectivity index (χ2v) is 4.36. The molecule has 21 heavy (non-hydrogen) atoms. The van der Waals surface area contributed by atoms with Crippen molar-refractivity contribution in [1.29, 1.82) is 0 Å². The van der Waals surface area contributed by atoms with Crippen LogP contribution in [-0.2, 0) is 0 Å². The van der Waals surface area contributed by atoms with Crippen LogP contribution in [0.2, 0.25) is 5.22 Å². The highest BCUT2D eigenvalue weighted by Crippen LogP contribution is 2.21. The lowest BCUT2D eigenvalue weighted by Crippen LogP contribution is -2.19. The molecule has 1 aromatic carbocycles. The maximum Gasteiger partial charge on any atom is 0.422 e. The summed E-state index contributed by atoms with van der Waals surface area (Å²) in [5.41, 5.74) is 0.381. The van der Waals surface area contributed by atoms with Gasteiger partial charge in [0.1, 0.15) is 5.75 Å². The third-order valence-corrected chi connectivity index (χ3v) is 2.51. The molecule has 1 N–H and O–H groups in total. The van der Waals surface area contributed by atoms with Gasteiger partial charge in [-0.15, -0.1) is 0 Å². The number of furan rings is 1. The number of carbonyl (C=O) groups is 1. The Balaban J connectivity index is 1.94. The summed E-state index contributed by atoms with van der Waals surface area (Å²) < 4.78 is 45.4. The molecule has 0 unspecified atom stereocenters. The van der Waals surface area contributed by atoms with Crippen molar-refractivity contribution in [2.45, 2.75) is 6.18 Å². The molecule has 0 bridgehead atoms. The fourth-order valence-corrected chi connectivity index (χ4v) is 1.57. The minimum atomic E-state index is -4.40. The Morgan fingerprint density at radius 2 is 1.86 bits per heavy atom. The van der Waals surface area contributed by atoms with Gasteiger partial charge in [0.15, 0.2) is 17.6 Å². The minimum Gasteiger partial charge on any atom is -0.484 e. The first kappa shape index (κ1) is 15.2. The van der Waals surface area contributed by atoms with Gasteiger partial charge in [0.25, 0.3) is 5.91 Å². The number of benzene rings is 1. The van der Waals surface area contributed by atoms with Crippen molar-refractivity contribution in [3.05, 3.63) is 47.4 Å². The lowest BCUT2D eigenvalue weighted by Gasteiger charge is -2.09. The zero-order valence-corrected chi connectivity index (χ0v) is 11.2. The quantitative estimate of drug-likeness (QED) is 0.922. The van der Waals surface area contributed by atoms with Crippen molar-refractivity contribution in [2.75, 3.05) is 11.9 Å². The number of amides is 1. The number of ether oxygens (including phenoxy) is 1. The first-order valence-corrected chi connectivity index (χ1v) is 6.07. The normalized spacial score (nSPS) is 11.2. The zero-order valence-electron chi connectivity index (χ0n) is 10.4. The molecule has 1 aromatic heterocycles. The molecule has 4 nitrogen and oxygen atoms in total. The van der Waals surface area contributed by atoms with Gasteiger partial charge < -0.3 is 14.5 Å². The highest BCUT2D eigenvalue weighted by atomic mass is 35.5. The second kappa shape index (κ2) is 6.09. The predicted octanol–water partition coefficient (Wildman–Crippen LogP) is 4.13.